The normalized spacial score (nSPS) is 15.1. The van der Waals surface area contributed by atoms with Gasteiger partial charge < -0.3 is 10.2 Å². The lowest BCUT2D eigenvalue weighted by Gasteiger charge is -2.35. The number of hydrogen-bond donors (Lipinski definition) is 1. The molecule has 4 rings (SSSR count). The zero-order valence-electron chi connectivity index (χ0n) is 14.8. The van der Waals surface area contributed by atoms with E-state index >= 15 is 0 Å². The molecule has 1 N–H and O–H groups in total. The zero-order valence-corrected chi connectivity index (χ0v) is 15.6. The van der Waals surface area contributed by atoms with Crippen LogP contribution in [0.5, 0.6) is 0 Å². The van der Waals surface area contributed by atoms with Crippen LogP contribution in [-0.2, 0) is 4.79 Å². The summed E-state index contributed by atoms with van der Waals surface area (Å²) in [4.78, 5) is 25.5. The van der Waals surface area contributed by atoms with Crippen molar-refractivity contribution in [2.24, 2.45) is 0 Å². The highest BCUT2D eigenvalue weighted by Crippen LogP contribution is 2.23. The minimum atomic E-state index is -0.0155. The van der Waals surface area contributed by atoms with Crippen molar-refractivity contribution in [2.75, 3.05) is 42.9 Å². The predicted molar refractivity (Wildman–Crippen MR) is 108 cm³/mol. The number of nitrogens with zero attached hydrogens (tertiary/aromatic N) is 4. The van der Waals surface area contributed by atoms with Crippen molar-refractivity contribution in [3.05, 3.63) is 59.9 Å². The second-order valence-corrected chi connectivity index (χ2v) is 6.97. The largest absolute Gasteiger partial charge is 0.353 e. The number of rotatable bonds is 4. The molecule has 1 aliphatic heterocycles. The number of carbonyl (C=O) groups is 1. The lowest BCUT2D eigenvalue weighted by atomic mass is 10.2. The Kier molecular flexibility index (Phi) is 5.18. The smallest absolute Gasteiger partial charge is 0.238 e. The van der Waals surface area contributed by atoms with Crippen LogP contribution in [0.3, 0.4) is 0 Å². The Morgan fingerprint density at radius 2 is 1.74 bits per heavy atom. The van der Waals surface area contributed by atoms with Crippen LogP contribution in [0.4, 0.5) is 11.5 Å². The summed E-state index contributed by atoms with van der Waals surface area (Å²) in [7, 11) is 0. The number of aromatic nitrogens is 2. The Hall–Kier alpha value is -2.70. The van der Waals surface area contributed by atoms with Gasteiger partial charge in [-0.3, -0.25) is 9.69 Å². The standard InChI is InChI=1S/C20H20ClN5O/c21-15-5-7-16(8-6-15)24-19(27)13-25-9-11-26(12-10-25)20-17-3-1-2-4-18(17)22-14-23-20/h1-8,14H,9-13H2,(H,24,27). The van der Waals surface area contributed by atoms with Crippen molar-refractivity contribution >= 4 is 39.9 Å². The lowest BCUT2D eigenvalue weighted by molar-refractivity contribution is -0.117. The topological polar surface area (TPSA) is 61.4 Å². The summed E-state index contributed by atoms with van der Waals surface area (Å²) in [6.07, 6.45) is 1.61. The highest BCUT2D eigenvalue weighted by molar-refractivity contribution is 6.30. The van der Waals surface area contributed by atoms with Gasteiger partial charge in [0.2, 0.25) is 5.91 Å². The molecule has 0 unspecified atom stereocenters. The molecule has 2 heterocycles. The van der Waals surface area contributed by atoms with Crippen molar-refractivity contribution in [1.82, 2.24) is 14.9 Å². The average Bonchev–Trinajstić information content (AvgIpc) is 2.70. The molecule has 7 heteroatoms. The van der Waals surface area contributed by atoms with E-state index in [0.717, 1.165) is 48.6 Å². The Morgan fingerprint density at radius 1 is 1.00 bits per heavy atom. The third kappa shape index (κ3) is 4.18. The Bertz CT molecular complexity index is 933. The maximum Gasteiger partial charge on any atom is 0.238 e. The number of piperazine rings is 1. The first-order valence-corrected chi connectivity index (χ1v) is 9.29. The molecule has 2 aromatic carbocycles. The highest BCUT2D eigenvalue weighted by atomic mass is 35.5. The van der Waals surface area contributed by atoms with Gasteiger partial charge >= 0.3 is 0 Å². The quantitative estimate of drug-likeness (QED) is 0.752. The first kappa shape index (κ1) is 17.7. The number of halogens is 1. The van der Waals surface area contributed by atoms with Crippen molar-refractivity contribution in [3.63, 3.8) is 0 Å². The van der Waals surface area contributed by atoms with Gasteiger partial charge in [-0.1, -0.05) is 23.7 Å². The summed E-state index contributed by atoms with van der Waals surface area (Å²) >= 11 is 5.87. The van der Waals surface area contributed by atoms with Gasteiger partial charge in [-0.2, -0.15) is 0 Å². The maximum atomic E-state index is 12.3. The number of anilines is 2. The summed E-state index contributed by atoms with van der Waals surface area (Å²) < 4.78 is 0. The Labute approximate surface area is 162 Å². The SMILES string of the molecule is O=C(CN1CCN(c2ncnc3ccccc23)CC1)Nc1ccc(Cl)cc1. The fourth-order valence-electron chi connectivity index (χ4n) is 3.30. The van der Waals surface area contributed by atoms with E-state index < -0.39 is 0 Å². The van der Waals surface area contributed by atoms with Gasteiger partial charge in [0, 0.05) is 42.3 Å². The molecular formula is C20H20ClN5O. The average molecular weight is 382 g/mol. The second kappa shape index (κ2) is 7.90. The molecule has 0 saturated carbocycles. The molecule has 1 aromatic heterocycles. The zero-order chi connectivity index (χ0) is 18.6. The summed E-state index contributed by atoms with van der Waals surface area (Å²) in [5.74, 6) is 0.948. The summed E-state index contributed by atoms with van der Waals surface area (Å²) in [6.45, 7) is 3.66. The number of benzene rings is 2. The second-order valence-electron chi connectivity index (χ2n) is 6.53. The molecule has 1 saturated heterocycles. The minimum absolute atomic E-state index is 0.0155. The van der Waals surface area contributed by atoms with Gasteiger partial charge in [0.1, 0.15) is 12.1 Å². The minimum Gasteiger partial charge on any atom is -0.353 e. The van der Waals surface area contributed by atoms with Crippen molar-refractivity contribution in [1.29, 1.82) is 0 Å². The Morgan fingerprint density at radius 3 is 2.52 bits per heavy atom. The van der Waals surface area contributed by atoms with Crippen LogP contribution in [0.2, 0.25) is 5.02 Å². The third-order valence-electron chi connectivity index (χ3n) is 4.69. The first-order valence-electron chi connectivity index (χ1n) is 8.91. The number of para-hydroxylation sites is 1. The molecule has 0 bridgehead atoms. The molecule has 0 atom stereocenters. The molecule has 0 aliphatic carbocycles. The van der Waals surface area contributed by atoms with E-state index in [9.17, 15) is 4.79 Å². The van der Waals surface area contributed by atoms with E-state index in [0.29, 0.717) is 11.6 Å². The van der Waals surface area contributed by atoms with E-state index in [1.54, 1.807) is 30.6 Å². The van der Waals surface area contributed by atoms with Crippen LogP contribution in [0.1, 0.15) is 0 Å². The third-order valence-corrected chi connectivity index (χ3v) is 4.94. The number of fused-ring (bicyclic) bond motifs is 1. The molecule has 6 nitrogen and oxygen atoms in total. The van der Waals surface area contributed by atoms with E-state index in [2.05, 4.69) is 31.2 Å². The molecule has 27 heavy (non-hydrogen) atoms. The predicted octanol–water partition coefficient (Wildman–Crippen LogP) is 3.04. The molecule has 0 radical (unpaired) electrons. The fraction of sp³-hybridized carbons (Fsp3) is 0.250. The van der Waals surface area contributed by atoms with Gasteiger partial charge in [0.05, 0.1) is 12.1 Å². The van der Waals surface area contributed by atoms with Crippen LogP contribution in [0.25, 0.3) is 10.9 Å². The summed E-state index contributed by atoms with van der Waals surface area (Å²) in [5, 5.41) is 4.63. The fourth-order valence-corrected chi connectivity index (χ4v) is 3.42. The van der Waals surface area contributed by atoms with E-state index in [-0.39, 0.29) is 5.91 Å². The number of carbonyl (C=O) groups excluding carboxylic acids is 1. The van der Waals surface area contributed by atoms with E-state index in [1.807, 2.05) is 18.2 Å². The van der Waals surface area contributed by atoms with Crippen LogP contribution in [0.15, 0.2) is 54.9 Å². The van der Waals surface area contributed by atoms with Gasteiger partial charge in [0.25, 0.3) is 0 Å². The molecule has 1 fully saturated rings. The van der Waals surface area contributed by atoms with Crippen LogP contribution < -0.4 is 10.2 Å². The van der Waals surface area contributed by atoms with Crippen LogP contribution >= 0.6 is 11.6 Å². The van der Waals surface area contributed by atoms with Crippen molar-refractivity contribution in [3.8, 4) is 0 Å². The maximum absolute atomic E-state index is 12.3. The highest BCUT2D eigenvalue weighted by Gasteiger charge is 2.21. The summed E-state index contributed by atoms with van der Waals surface area (Å²) in [5.41, 5.74) is 1.71. The molecule has 1 amide bonds. The lowest BCUT2D eigenvalue weighted by Crippen LogP contribution is -2.49. The van der Waals surface area contributed by atoms with E-state index in [4.69, 9.17) is 11.6 Å². The van der Waals surface area contributed by atoms with Gasteiger partial charge in [-0.05, 0) is 36.4 Å². The van der Waals surface area contributed by atoms with Gasteiger partial charge in [0.15, 0.2) is 0 Å². The number of nitrogens with one attached hydrogen (secondary N) is 1. The van der Waals surface area contributed by atoms with Crippen LogP contribution in [0, 0.1) is 0 Å². The molecule has 1 aliphatic rings. The molecular weight excluding hydrogens is 362 g/mol. The monoisotopic (exact) mass is 381 g/mol. The molecule has 0 spiro atoms. The number of amides is 1. The molecule has 138 valence electrons. The Balaban J connectivity index is 1.34. The van der Waals surface area contributed by atoms with E-state index in [1.165, 1.54) is 0 Å². The van der Waals surface area contributed by atoms with Crippen molar-refractivity contribution < 1.29 is 4.79 Å². The summed E-state index contributed by atoms with van der Waals surface area (Å²) in [6, 6.07) is 15.2. The van der Waals surface area contributed by atoms with Crippen molar-refractivity contribution in [2.45, 2.75) is 0 Å². The number of hydrogen-bond acceptors (Lipinski definition) is 5. The van der Waals surface area contributed by atoms with Crippen LogP contribution in [-0.4, -0.2) is 53.5 Å². The molecule has 3 aromatic rings. The van der Waals surface area contributed by atoms with Gasteiger partial charge in [-0.15, -0.1) is 0 Å². The van der Waals surface area contributed by atoms with Gasteiger partial charge in [-0.25, -0.2) is 9.97 Å². The first-order chi connectivity index (χ1) is 13.2.